The van der Waals surface area contributed by atoms with Crippen molar-refractivity contribution in [1.29, 1.82) is 0 Å². The minimum absolute atomic E-state index is 0.0371. The molecular weight excluding hydrogens is 484 g/mol. The van der Waals surface area contributed by atoms with Crippen molar-refractivity contribution >= 4 is 16.9 Å². The summed E-state index contributed by atoms with van der Waals surface area (Å²) in [5, 5.41) is 80.7. The van der Waals surface area contributed by atoms with Crippen LogP contribution in [-0.2, 0) is 14.3 Å². The summed E-state index contributed by atoms with van der Waals surface area (Å²) in [6, 6.07) is 5.48. The second-order valence-corrected chi connectivity index (χ2v) is 8.11. The molecule has 13 nitrogen and oxygen atoms in total. The normalized spacial score (nSPS) is 23.9. The third-order valence-electron chi connectivity index (χ3n) is 5.51. The summed E-state index contributed by atoms with van der Waals surface area (Å²) in [5.41, 5.74) is -0.0833. The lowest BCUT2D eigenvalue weighted by atomic mass is 9.99. The summed E-state index contributed by atoms with van der Waals surface area (Å²) in [7, 11) is 0. The summed E-state index contributed by atoms with van der Waals surface area (Å²) >= 11 is 0. The minimum atomic E-state index is -1.80. The Hall–Kier alpha value is -4.04. The number of rotatable bonds is 5. The molecule has 0 amide bonds. The molecule has 0 unspecified atom stereocenters. The number of esters is 1. The number of phenols is 5. The second-order valence-electron chi connectivity index (χ2n) is 8.11. The van der Waals surface area contributed by atoms with E-state index >= 15 is 0 Å². The third-order valence-corrected chi connectivity index (χ3v) is 5.51. The fraction of sp³-hybridized carbons (Fsp3) is 0.304. The maximum Gasteiger partial charge on any atom is 0.402 e. The van der Waals surface area contributed by atoms with Gasteiger partial charge in [-0.2, -0.15) is 0 Å². The number of benzene rings is 2. The Morgan fingerprint density at radius 1 is 0.917 bits per heavy atom. The quantitative estimate of drug-likeness (QED) is 0.135. The van der Waals surface area contributed by atoms with Crippen LogP contribution in [0.5, 0.6) is 34.5 Å². The average molecular weight is 507 g/mol. The molecule has 1 aromatic heterocycles. The summed E-state index contributed by atoms with van der Waals surface area (Å²) in [5.74, 6) is -4.10. The standard InChI is InChI=1S/C23H22O13/c1-8(24)33-7-17-19(30)20(31)21(32)23(36-17)35-16-6-11-12(26)4-10(25)5-15(11)34-22(16)9-2-13(27)18(29)14(28)3-9/h2-6,17,19-21,23,30-32H,7H2,1H3,(H4-,25,26,27,28,29)/p+1/t17-,19+,20+,21-,23-/m1/s1. The van der Waals surface area contributed by atoms with Crippen LogP contribution in [0.1, 0.15) is 6.92 Å². The Morgan fingerprint density at radius 3 is 2.22 bits per heavy atom. The van der Waals surface area contributed by atoms with E-state index in [1.807, 2.05) is 0 Å². The van der Waals surface area contributed by atoms with Crippen LogP contribution in [-0.4, -0.2) is 84.1 Å². The van der Waals surface area contributed by atoms with E-state index in [1.54, 1.807) is 0 Å². The molecule has 1 aliphatic rings. The van der Waals surface area contributed by atoms with E-state index in [0.717, 1.165) is 25.1 Å². The first-order valence-electron chi connectivity index (χ1n) is 10.5. The minimum Gasteiger partial charge on any atom is -0.507 e. The van der Waals surface area contributed by atoms with Gasteiger partial charge in [0.25, 0.3) is 0 Å². The molecule has 0 bridgehead atoms. The number of ether oxygens (including phenoxy) is 3. The van der Waals surface area contributed by atoms with Crippen molar-refractivity contribution in [2.45, 2.75) is 37.6 Å². The number of hydrogen-bond donors (Lipinski definition) is 8. The van der Waals surface area contributed by atoms with Crippen molar-refractivity contribution in [2.75, 3.05) is 6.61 Å². The number of carbonyl (C=O) groups excluding carboxylic acids is 1. The molecule has 3 aromatic rings. The van der Waals surface area contributed by atoms with Gasteiger partial charge in [-0.25, -0.2) is 4.42 Å². The highest BCUT2D eigenvalue weighted by atomic mass is 16.7. The van der Waals surface area contributed by atoms with Crippen molar-refractivity contribution in [2.24, 2.45) is 0 Å². The van der Waals surface area contributed by atoms with Gasteiger partial charge >= 0.3 is 17.3 Å². The van der Waals surface area contributed by atoms with Crippen molar-refractivity contribution in [3.63, 3.8) is 0 Å². The lowest BCUT2D eigenvalue weighted by Crippen LogP contribution is -2.60. The fourth-order valence-corrected chi connectivity index (χ4v) is 3.68. The first kappa shape index (κ1) is 25.1. The van der Waals surface area contributed by atoms with Gasteiger partial charge in [-0.1, -0.05) is 0 Å². The maximum atomic E-state index is 11.2. The van der Waals surface area contributed by atoms with Crippen molar-refractivity contribution in [3.8, 4) is 45.8 Å². The fourth-order valence-electron chi connectivity index (χ4n) is 3.68. The number of carbonyl (C=O) groups is 1. The Balaban J connectivity index is 1.80. The van der Waals surface area contributed by atoms with Crippen molar-refractivity contribution in [3.05, 3.63) is 30.3 Å². The highest BCUT2D eigenvalue weighted by Gasteiger charge is 2.46. The summed E-state index contributed by atoms with van der Waals surface area (Å²) in [4.78, 5) is 11.2. The Morgan fingerprint density at radius 2 is 1.58 bits per heavy atom. The zero-order chi connectivity index (χ0) is 26.3. The van der Waals surface area contributed by atoms with E-state index in [9.17, 15) is 45.6 Å². The molecule has 1 aliphatic heterocycles. The van der Waals surface area contributed by atoms with Crippen LogP contribution in [0.3, 0.4) is 0 Å². The van der Waals surface area contributed by atoms with Gasteiger partial charge < -0.3 is 55.1 Å². The van der Waals surface area contributed by atoms with Gasteiger partial charge in [0.05, 0.1) is 11.6 Å². The highest BCUT2D eigenvalue weighted by Crippen LogP contribution is 2.44. The molecule has 1 fully saturated rings. The molecule has 2 heterocycles. The van der Waals surface area contributed by atoms with Gasteiger partial charge in [-0.05, 0) is 0 Å². The number of aromatic hydroxyl groups is 5. The molecule has 8 N–H and O–H groups in total. The molecule has 4 rings (SSSR count). The lowest BCUT2D eigenvalue weighted by Gasteiger charge is -2.39. The topological polar surface area (TPSA) is 218 Å². The largest absolute Gasteiger partial charge is 0.507 e. The van der Waals surface area contributed by atoms with E-state index < -0.39 is 66.3 Å². The number of fused-ring (bicyclic) bond motifs is 1. The predicted molar refractivity (Wildman–Crippen MR) is 118 cm³/mol. The highest BCUT2D eigenvalue weighted by molar-refractivity contribution is 5.88. The Labute approximate surface area is 202 Å². The van der Waals surface area contributed by atoms with Gasteiger partial charge in [0.2, 0.25) is 12.0 Å². The van der Waals surface area contributed by atoms with Gasteiger partial charge in [-0.3, -0.25) is 4.79 Å². The molecular formula is C23H23O13+. The third kappa shape index (κ3) is 4.72. The summed E-state index contributed by atoms with van der Waals surface area (Å²) < 4.78 is 21.8. The molecule has 2 aromatic carbocycles. The predicted octanol–water partition coefficient (Wildman–Crippen LogP) is 0.658. The lowest BCUT2D eigenvalue weighted by molar-refractivity contribution is -0.278. The summed E-state index contributed by atoms with van der Waals surface area (Å²) in [6.07, 6.45) is -8.14. The van der Waals surface area contributed by atoms with E-state index in [2.05, 4.69) is 0 Å². The second kappa shape index (κ2) is 9.54. The molecule has 36 heavy (non-hydrogen) atoms. The molecule has 192 valence electrons. The van der Waals surface area contributed by atoms with Crippen LogP contribution in [0.2, 0.25) is 0 Å². The van der Waals surface area contributed by atoms with Crippen molar-refractivity contribution < 1.29 is 64.3 Å². The van der Waals surface area contributed by atoms with E-state index in [4.69, 9.17) is 18.6 Å². The Bertz CT molecular complexity index is 1280. The zero-order valence-electron chi connectivity index (χ0n) is 18.6. The monoisotopic (exact) mass is 507 g/mol. The van der Waals surface area contributed by atoms with Crippen LogP contribution in [0.25, 0.3) is 22.3 Å². The van der Waals surface area contributed by atoms with Crippen LogP contribution < -0.4 is 4.74 Å². The van der Waals surface area contributed by atoms with Gasteiger partial charge in [0, 0.05) is 31.2 Å². The number of aliphatic hydroxyl groups is 3. The number of aliphatic hydroxyl groups excluding tert-OH is 3. The van der Waals surface area contributed by atoms with E-state index in [0.29, 0.717) is 0 Å². The number of hydrogen-bond acceptors (Lipinski definition) is 12. The first-order chi connectivity index (χ1) is 17.0. The maximum absolute atomic E-state index is 11.2. The zero-order valence-corrected chi connectivity index (χ0v) is 18.6. The SMILES string of the molecule is CC(=O)OC[C@H]1O[C@@H](Oc2cc3c(O)cc(O)cc3[o+]c2-c2cc(O)c(O)c(O)c2)[C@H](O)[C@@H](O)[C@H]1O. The average Bonchev–Trinajstić information content (AvgIpc) is 2.81. The molecule has 13 heteroatoms. The molecule has 0 spiro atoms. The molecule has 0 aliphatic carbocycles. The van der Waals surface area contributed by atoms with E-state index in [1.165, 1.54) is 12.1 Å². The van der Waals surface area contributed by atoms with Gasteiger partial charge in [0.1, 0.15) is 47.9 Å². The van der Waals surface area contributed by atoms with E-state index in [-0.39, 0.29) is 33.8 Å². The molecule has 0 radical (unpaired) electrons. The molecule has 0 saturated carbocycles. The molecule has 1 saturated heterocycles. The number of phenolic OH excluding ortho intramolecular Hbond substituents is 5. The first-order valence-corrected chi connectivity index (χ1v) is 10.5. The van der Waals surface area contributed by atoms with Gasteiger partial charge in [0.15, 0.2) is 17.2 Å². The van der Waals surface area contributed by atoms with Crippen LogP contribution >= 0.6 is 0 Å². The van der Waals surface area contributed by atoms with Crippen LogP contribution in [0.15, 0.2) is 34.7 Å². The van der Waals surface area contributed by atoms with Gasteiger partial charge in [-0.15, -0.1) is 0 Å². The van der Waals surface area contributed by atoms with Crippen LogP contribution in [0, 0.1) is 0 Å². The van der Waals surface area contributed by atoms with Crippen LogP contribution in [0.4, 0.5) is 0 Å². The van der Waals surface area contributed by atoms with Crippen molar-refractivity contribution in [1.82, 2.24) is 0 Å². The summed E-state index contributed by atoms with van der Waals surface area (Å²) in [6.45, 7) is 0.666. The smallest absolute Gasteiger partial charge is 0.402 e. The molecule has 5 atom stereocenters. The Kier molecular flexibility index (Phi) is 6.65.